The molecule has 0 bridgehead atoms. The lowest BCUT2D eigenvalue weighted by atomic mass is 10.0. The molecule has 4 aromatic rings. The first-order valence-electron chi connectivity index (χ1n) is 13.2. The van der Waals surface area contributed by atoms with Crippen LogP contribution in [0.25, 0.3) is 22.2 Å². The SMILES string of the molecule is CNC(=O)c1ccc(-c2c[nH]c3nc(Nc4ccc(C(=O)NCCO)cc4OC)nc(OC4CCCC4)c23)cc1. The number of carbonyl (C=O) groups excluding carboxylic acids is 2. The molecular weight excluding hydrogens is 512 g/mol. The highest BCUT2D eigenvalue weighted by Crippen LogP contribution is 2.37. The van der Waals surface area contributed by atoms with Crippen LogP contribution in [0, 0.1) is 0 Å². The monoisotopic (exact) mass is 544 g/mol. The van der Waals surface area contributed by atoms with E-state index in [9.17, 15) is 9.59 Å². The molecule has 2 aromatic carbocycles. The van der Waals surface area contributed by atoms with Crippen LogP contribution in [0.4, 0.5) is 11.6 Å². The zero-order valence-corrected chi connectivity index (χ0v) is 22.4. The first kappa shape index (κ1) is 26.9. The molecule has 1 aliphatic carbocycles. The van der Waals surface area contributed by atoms with Crippen molar-refractivity contribution < 1.29 is 24.2 Å². The number of aliphatic hydroxyl groups excluding tert-OH is 1. The van der Waals surface area contributed by atoms with Crippen molar-refractivity contribution in [3.8, 4) is 22.8 Å². The number of nitrogens with one attached hydrogen (secondary N) is 4. The van der Waals surface area contributed by atoms with Gasteiger partial charge in [0.05, 0.1) is 24.8 Å². The zero-order chi connectivity index (χ0) is 28.1. The second-order valence-electron chi connectivity index (χ2n) is 9.48. The second-order valence-corrected chi connectivity index (χ2v) is 9.48. The molecule has 1 saturated carbocycles. The molecule has 2 aromatic heterocycles. The number of aromatic amines is 1. The van der Waals surface area contributed by atoms with Gasteiger partial charge in [0.25, 0.3) is 11.8 Å². The lowest BCUT2D eigenvalue weighted by Crippen LogP contribution is -2.26. The predicted molar refractivity (Wildman–Crippen MR) is 151 cm³/mol. The molecule has 2 heterocycles. The maximum atomic E-state index is 12.3. The number of anilines is 2. The largest absolute Gasteiger partial charge is 0.495 e. The normalized spacial score (nSPS) is 13.3. The van der Waals surface area contributed by atoms with Crippen molar-refractivity contribution in [1.29, 1.82) is 0 Å². The summed E-state index contributed by atoms with van der Waals surface area (Å²) in [6.07, 6.45) is 6.07. The lowest BCUT2D eigenvalue weighted by Gasteiger charge is -2.16. The first-order valence-corrected chi connectivity index (χ1v) is 13.2. The molecule has 40 heavy (non-hydrogen) atoms. The Hall–Kier alpha value is -4.64. The van der Waals surface area contributed by atoms with Gasteiger partial charge in [-0.15, -0.1) is 0 Å². The van der Waals surface area contributed by atoms with E-state index in [0.717, 1.165) is 42.2 Å². The Kier molecular flexibility index (Phi) is 8.11. The van der Waals surface area contributed by atoms with Crippen LogP contribution in [-0.2, 0) is 0 Å². The van der Waals surface area contributed by atoms with Crippen LogP contribution in [0.1, 0.15) is 46.4 Å². The van der Waals surface area contributed by atoms with Crippen molar-refractivity contribution in [3.05, 3.63) is 59.8 Å². The van der Waals surface area contributed by atoms with Crippen LogP contribution in [-0.4, -0.2) is 65.3 Å². The number of H-pyrrole nitrogens is 1. The number of amides is 2. The van der Waals surface area contributed by atoms with Crippen molar-refractivity contribution in [3.63, 3.8) is 0 Å². The Morgan fingerprint density at radius 2 is 1.80 bits per heavy atom. The van der Waals surface area contributed by atoms with Crippen molar-refractivity contribution >= 4 is 34.5 Å². The van der Waals surface area contributed by atoms with Gasteiger partial charge in [-0.25, -0.2) is 0 Å². The summed E-state index contributed by atoms with van der Waals surface area (Å²) in [6, 6.07) is 12.3. The molecule has 0 saturated heterocycles. The molecule has 208 valence electrons. The quantitative estimate of drug-likeness (QED) is 0.202. The van der Waals surface area contributed by atoms with E-state index >= 15 is 0 Å². The molecule has 0 aliphatic heterocycles. The summed E-state index contributed by atoms with van der Waals surface area (Å²) < 4.78 is 12.0. The van der Waals surface area contributed by atoms with Crippen LogP contribution in [0.3, 0.4) is 0 Å². The van der Waals surface area contributed by atoms with Crippen LogP contribution in [0.5, 0.6) is 11.6 Å². The molecule has 1 fully saturated rings. The minimum atomic E-state index is -0.314. The molecule has 5 N–H and O–H groups in total. The number of fused-ring (bicyclic) bond motifs is 1. The van der Waals surface area contributed by atoms with Gasteiger partial charge in [-0.1, -0.05) is 12.1 Å². The molecule has 0 radical (unpaired) electrons. The topological polar surface area (TPSA) is 150 Å². The summed E-state index contributed by atoms with van der Waals surface area (Å²) in [5, 5.41) is 18.2. The summed E-state index contributed by atoms with van der Waals surface area (Å²) in [7, 11) is 3.12. The van der Waals surface area contributed by atoms with Crippen LogP contribution < -0.4 is 25.4 Å². The van der Waals surface area contributed by atoms with E-state index in [-0.39, 0.29) is 31.1 Å². The number of ether oxygens (including phenoxy) is 2. The van der Waals surface area contributed by atoms with Crippen molar-refractivity contribution in [2.24, 2.45) is 0 Å². The summed E-state index contributed by atoms with van der Waals surface area (Å²) in [5.74, 6) is 0.738. The summed E-state index contributed by atoms with van der Waals surface area (Å²) >= 11 is 0. The van der Waals surface area contributed by atoms with E-state index in [4.69, 9.17) is 24.5 Å². The van der Waals surface area contributed by atoms with Crippen molar-refractivity contribution in [2.75, 3.05) is 32.6 Å². The van der Waals surface area contributed by atoms with Gasteiger partial charge in [-0.05, 0) is 61.6 Å². The molecule has 0 unspecified atom stereocenters. The third kappa shape index (κ3) is 5.69. The van der Waals surface area contributed by atoms with Gasteiger partial charge >= 0.3 is 0 Å². The third-order valence-corrected chi connectivity index (χ3v) is 6.87. The van der Waals surface area contributed by atoms with E-state index in [1.54, 1.807) is 37.4 Å². The van der Waals surface area contributed by atoms with Gasteiger partial charge in [0, 0.05) is 36.5 Å². The highest BCUT2D eigenvalue weighted by Gasteiger charge is 2.23. The Morgan fingerprint density at radius 3 is 2.50 bits per heavy atom. The van der Waals surface area contributed by atoms with E-state index in [1.807, 2.05) is 18.3 Å². The number of benzene rings is 2. The maximum Gasteiger partial charge on any atom is 0.251 e. The van der Waals surface area contributed by atoms with Crippen molar-refractivity contribution in [2.45, 2.75) is 31.8 Å². The smallest absolute Gasteiger partial charge is 0.251 e. The van der Waals surface area contributed by atoms with Gasteiger partial charge in [0.15, 0.2) is 0 Å². The van der Waals surface area contributed by atoms with E-state index in [2.05, 4.69) is 20.9 Å². The molecule has 2 amide bonds. The highest BCUT2D eigenvalue weighted by molar-refractivity contribution is 5.99. The fourth-order valence-corrected chi connectivity index (χ4v) is 4.81. The Bertz CT molecular complexity index is 1510. The van der Waals surface area contributed by atoms with Crippen LogP contribution in [0.15, 0.2) is 48.7 Å². The van der Waals surface area contributed by atoms with Gasteiger partial charge in [-0.3, -0.25) is 9.59 Å². The average Bonchev–Trinajstić information content (AvgIpc) is 3.66. The number of hydrogen-bond donors (Lipinski definition) is 5. The van der Waals surface area contributed by atoms with Gasteiger partial charge in [0.2, 0.25) is 11.8 Å². The number of carbonyl (C=O) groups is 2. The van der Waals surface area contributed by atoms with E-state index < -0.39 is 0 Å². The Morgan fingerprint density at radius 1 is 1.05 bits per heavy atom. The standard InChI is InChI=1S/C29H32N6O5/c1-30-26(37)18-9-7-17(8-10-18)21-16-32-25-24(21)28(40-20-5-3-4-6-20)35-29(34-25)33-22-12-11-19(15-23(22)39-2)27(38)31-13-14-36/h7-12,15-16,20,36H,3-6,13-14H2,1-2H3,(H,30,37)(H,31,38)(H2,32,33,34,35). The Balaban J connectivity index is 1.50. The van der Waals surface area contributed by atoms with Crippen LogP contribution in [0.2, 0.25) is 0 Å². The number of hydrogen-bond acceptors (Lipinski definition) is 8. The number of rotatable bonds is 10. The van der Waals surface area contributed by atoms with Gasteiger partial charge in [0.1, 0.15) is 17.5 Å². The third-order valence-electron chi connectivity index (χ3n) is 6.87. The fourth-order valence-electron chi connectivity index (χ4n) is 4.81. The van der Waals surface area contributed by atoms with Crippen molar-refractivity contribution in [1.82, 2.24) is 25.6 Å². The molecule has 0 atom stereocenters. The minimum Gasteiger partial charge on any atom is -0.495 e. The predicted octanol–water partition coefficient (Wildman–Crippen LogP) is 3.78. The minimum absolute atomic E-state index is 0.0654. The molecule has 5 rings (SSSR count). The first-order chi connectivity index (χ1) is 19.5. The fraction of sp³-hybridized carbons (Fsp3) is 0.310. The van der Waals surface area contributed by atoms with Gasteiger partial charge in [-0.2, -0.15) is 9.97 Å². The molecular formula is C29H32N6O5. The molecule has 11 heteroatoms. The number of methoxy groups -OCH3 is 1. The highest BCUT2D eigenvalue weighted by atomic mass is 16.5. The molecule has 1 aliphatic rings. The maximum absolute atomic E-state index is 12.3. The lowest BCUT2D eigenvalue weighted by molar-refractivity contribution is 0.0941. The number of aromatic nitrogens is 3. The summed E-state index contributed by atoms with van der Waals surface area (Å²) in [6.45, 7) is 0.0184. The second kappa shape index (κ2) is 12.0. The molecule has 0 spiro atoms. The molecule has 11 nitrogen and oxygen atoms in total. The number of nitrogens with zero attached hydrogens (tertiary/aromatic N) is 2. The zero-order valence-electron chi connectivity index (χ0n) is 22.4. The average molecular weight is 545 g/mol. The van der Waals surface area contributed by atoms with Crippen LogP contribution >= 0.6 is 0 Å². The summed E-state index contributed by atoms with van der Waals surface area (Å²) in [5.41, 5.74) is 3.90. The number of aliphatic hydroxyl groups is 1. The Labute approximate surface area is 231 Å². The van der Waals surface area contributed by atoms with E-state index in [1.165, 1.54) is 7.11 Å². The van der Waals surface area contributed by atoms with Gasteiger partial charge < -0.3 is 35.5 Å². The van der Waals surface area contributed by atoms with E-state index in [0.29, 0.717) is 40.0 Å². The summed E-state index contributed by atoms with van der Waals surface area (Å²) in [4.78, 5) is 37.0.